The molecule has 0 N–H and O–H groups in total. The van der Waals surface area contributed by atoms with E-state index in [4.69, 9.17) is 11.6 Å². The minimum absolute atomic E-state index is 0.104. The topological polar surface area (TPSA) is 26.3 Å². The van der Waals surface area contributed by atoms with Crippen LogP contribution < -0.4 is 0 Å². The molecule has 0 aromatic carbocycles. The van der Waals surface area contributed by atoms with Gasteiger partial charge >= 0.3 is 5.97 Å². The molecule has 0 radical (unpaired) electrons. The van der Waals surface area contributed by atoms with E-state index in [0.29, 0.717) is 11.5 Å². The van der Waals surface area contributed by atoms with E-state index in [0.717, 1.165) is 24.3 Å². The Kier molecular flexibility index (Phi) is 4.32. The van der Waals surface area contributed by atoms with Gasteiger partial charge in [0.25, 0.3) is 0 Å². The summed E-state index contributed by atoms with van der Waals surface area (Å²) in [4.78, 5) is 11.1. The third-order valence-corrected chi connectivity index (χ3v) is 4.03. The summed E-state index contributed by atoms with van der Waals surface area (Å²) in [5.41, 5.74) is 0.199. The van der Waals surface area contributed by atoms with Crippen molar-refractivity contribution in [3.05, 3.63) is 11.6 Å². The highest BCUT2D eigenvalue weighted by Crippen LogP contribution is 2.51. The molecule has 2 nitrogen and oxygen atoms in total. The lowest BCUT2D eigenvalue weighted by Crippen LogP contribution is -2.13. The maximum atomic E-state index is 11.1. The Morgan fingerprint density at radius 1 is 1.64 bits per heavy atom. The second-order valence-corrected chi connectivity index (χ2v) is 5.28. The number of rotatable bonds is 6. The van der Waals surface area contributed by atoms with Crippen molar-refractivity contribution >= 4 is 29.3 Å². The smallest absolute Gasteiger partial charge is 0.306 e. The van der Waals surface area contributed by atoms with Crippen molar-refractivity contribution in [2.45, 2.75) is 19.3 Å². The highest BCUT2D eigenvalue weighted by atomic mass is 35.5. The van der Waals surface area contributed by atoms with E-state index < -0.39 is 0 Å². The number of hydrogen-bond acceptors (Lipinski definition) is 3. The van der Waals surface area contributed by atoms with Gasteiger partial charge in [0, 0.05) is 10.8 Å². The number of carbonyl (C=O) groups is 1. The van der Waals surface area contributed by atoms with Gasteiger partial charge in [0.15, 0.2) is 0 Å². The van der Waals surface area contributed by atoms with Crippen molar-refractivity contribution < 1.29 is 9.53 Å². The van der Waals surface area contributed by atoms with Crippen LogP contribution in [0.15, 0.2) is 11.6 Å². The molecule has 0 aromatic heterocycles. The van der Waals surface area contributed by atoms with Crippen LogP contribution in [0.4, 0.5) is 0 Å². The van der Waals surface area contributed by atoms with Gasteiger partial charge in [-0.25, -0.2) is 0 Å². The molecule has 0 unspecified atom stereocenters. The van der Waals surface area contributed by atoms with E-state index in [9.17, 15) is 4.79 Å². The van der Waals surface area contributed by atoms with Crippen LogP contribution in [-0.2, 0) is 9.53 Å². The van der Waals surface area contributed by atoms with Gasteiger partial charge in [-0.1, -0.05) is 18.2 Å². The molecule has 0 heterocycles. The average Bonchev–Trinajstić information content (AvgIpc) is 2.84. The lowest BCUT2D eigenvalue weighted by Gasteiger charge is -2.12. The molecule has 1 fully saturated rings. The summed E-state index contributed by atoms with van der Waals surface area (Å²) < 4.78 is 4.66. The van der Waals surface area contributed by atoms with Gasteiger partial charge in [-0.15, -0.1) is 0 Å². The highest BCUT2D eigenvalue weighted by Gasteiger charge is 2.44. The van der Waals surface area contributed by atoms with Gasteiger partial charge < -0.3 is 4.74 Å². The van der Waals surface area contributed by atoms with Crippen molar-refractivity contribution in [2.24, 2.45) is 5.41 Å². The zero-order chi connectivity index (χ0) is 10.6. The minimum Gasteiger partial charge on any atom is -0.469 e. The minimum atomic E-state index is -0.104. The first-order valence-electron chi connectivity index (χ1n) is 4.56. The van der Waals surface area contributed by atoms with E-state index in [1.54, 1.807) is 11.8 Å². The average molecular weight is 235 g/mol. The Labute approximate surface area is 94.0 Å². The Hall–Kier alpha value is -0.150. The molecule has 1 rings (SSSR count). The van der Waals surface area contributed by atoms with E-state index in [1.165, 1.54) is 7.11 Å². The highest BCUT2D eigenvalue weighted by molar-refractivity contribution is 7.99. The predicted molar refractivity (Wildman–Crippen MR) is 60.6 cm³/mol. The van der Waals surface area contributed by atoms with Gasteiger partial charge in [0.05, 0.1) is 13.5 Å². The summed E-state index contributed by atoms with van der Waals surface area (Å²) in [7, 11) is 1.44. The standard InChI is InChI=1S/C10H15ClO2S/c1-8(11)6-14-7-10(3-4-10)5-9(12)13-2/h1,3-7H2,2H3. The van der Waals surface area contributed by atoms with Gasteiger partial charge in [-0.05, 0) is 24.0 Å². The summed E-state index contributed by atoms with van der Waals surface area (Å²) >= 11 is 7.40. The first-order valence-corrected chi connectivity index (χ1v) is 6.09. The molecule has 1 aliphatic carbocycles. The molecule has 0 atom stereocenters. The van der Waals surface area contributed by atoms with Crippen molar-refractivity contribution in [1.29, 1.82) is 0 Å². The molecule has 14 heavy (non-hydrogen) atoms. The third kappa shape index (κ3) is 3.93. The van der Waals surface area contributed by atoms with E-state index in [1.807, 2.05) is 0 Å². The molecular weight excluding hydrogens is 220 g/mol. The van der Waals surface area contributed by atoms with Crippen LogP contribution in [0.1, 0.15) is 19.3 Å². The van der Waals surface area contributed by atoms with Crippen molar-refractivity contribution in [1.82, 2.24) is 0 Å². The molecule has 0 saturated heterocycles. The summed E-state index contributed by atoms with van der Waals surface area (Å²) in [6.45, 7) is 3.63. The Morgan fingerprint density at radius 2 is 2.29 bits per heavy atom. The number of halogens is 1. The summed E-state index contributed by atoms with van der Waals surface area (Å²) in [6, 6.07) is 0. The molecule has 0 amide bonds. The van der Waals surface area contributed by atoms with Gasteiger partial charge in [-0.3, -0.25) is 4.79 Å². The Balaban J connectivity index is 2.22. The van der Waals surface area contributed by atoms with Gasteiger partial charge in [0.2, 0.25) is 0 Å². The van der Waals surface area contributed by atoms with Crippen LogP contribution >= 0.6 is 23.4 Å². The number of carbonyl (C=O) groups excluding carboxylic acids is 1. The monoisotopic (exact) mass is 234 g/mol. The number of hydrogen-bond donors (Lipinski definition) is 0. The summed E-state index contributed by atoms with van der Waals surface area (Å²) in [5, 5.41) is 0.670. The molecule has 0 spiro atoms. The second kappa shape index (κ2) is 5.08. The van der Waals surface area contributed by atoms with Crippen LogP contribution in [-0.4, -0.2) is 24.6 Å². The number of ether oxygens (including phenoxy) is 1. The van der Waals surface area contributed by atoms with E-state index in [-0.39, 0.29) is 11.4 Å². The summed E-state index contributed by atoms with van der Waals surface area (Å²) in [5.74, 6) is 1.64. The zero-order valence-electron chi connectivity index (χ0n) is 8.35. The molecule has 0 aliphatic heterocycles. The van der Waals surface area contributed by atoms with E-state index >= 15 is 0 Å². The van der Waals surface area contributed by atoms with Crippen LogP contribution in [0.5, 0.6) is 0 Å². The van der Waals surface area contributed by atoms with Crippen molar-refractivity contribution in [3.63, 3.8) is 0 Å². The fourth-order valence-electron chi connectivity index (χ4n) is 1.31. The fourth-order valence-corrected chi connectivity index (χ4v) is 2.68. The number of thioether (sulfide) groups is 1. The largest absolute Gasteiger partial charge is 0.469 e. The summed E-state index contributed by atoms with van der Waals surface area (Å²) in [6.07, 6.45) is 2.80. The lowest BCUT2D eigenvalue weighted by molar-refractivity contribution is -0.141. The van der Waals surface area contributed by atoms with Crippen molar-refractivity contribution in [3.8, 4) is 0 Å². The molecule has 0 bridgehead atoms. The van der Waals surface area contributed by atoms with Gasteiger partial charge in [0.1, 0.15) is 0 Å². The van der Waals surface area contributed by atoms with Crippen LogP contribution in [0.3, 0.4) is 0 Å². The lowest BCUT2D eigenvalue weighted by atomic mass is 10.1. The third-order valence-electron chi connectivity index (χ3n) is 2.37. The number of methoxy groups -OCH3 is 1. The maximum absolute atomic E-state index is 11.1. The number of esters is 1. The quantitative estimate of drug-likeness (QED) is 0.662. The molecule has 0 aromatic rings. The first kappa shape index (κ1) is 11.9. The molecular formula is C10H15ClO2S. The predicted octanol–water partition coefficient (Wildman–Crippen LogP) is 2.82. The van der Waals surface area contributed by atoms with Crippen LogP contribution in [0.2, 0.25) is 0 Å². The normalized spacial score (nSPS) is 17.6. The van der Waals surface area contributed by atoms with E-state index in [2.05, 4.69) is 11.3 Å². The molecule has 80 valence electrons. The van der Waals surface area contributed by atoms with Crippen LogP contribution in [0.25, 0.3) is 0 Å². The Bertz CT molecular complexity index is 236. The second-order valence-electron chi connectivity index (χ2n) is 3.76. The van der Waals surface area contributed by atoms with Crippen LogP contribution in [0, 0.1) is 5.41 Å². The maximum Gasteiger partial charge on any atom is 0.306 e. The molecule has 4 heteroatoms. The SMILES string of the molecule is C=C(Cl)CSCC1(CC(=O)OC)CC1. The zero-order valence-corrected chi connectivity index (χ0v) is 9.92. The molecule has 1 aliphatic rings. The Morgan fingerprint density at radius 3 is 2.71 bits per heavy atom. The van der Waals surface area contributed by atoms with Gasteiger partial charge in [-0.2, -0.15) is 11.8 Å². The first-order chi connectivity index (χ1) is 6.58. The molecule has 1 saturated carbocycles. The fraction of sp³-hybridized carbons (Fsp3) is 0.700. The van der Waals surface area contributed by atoms with Crippen molar-refractivity contribution in [2.75, 3.05) is 18.6 Å².